The predicted octanol–water partition coefficient (Wildman–Crippen LogP) is 18.8. The summed E-state index contributed by atoms with van der Waals surface area (Å²) in [5, 5.41) is 4.67. The Morgan fingerprint density at radius 1 is 0.481 bits per heavy atom. The van der Waals surface area contributed by atoms with Crippen LogP contribution in [0.1, 0.15) is 84.9 Å². The van der Waals surface area contributed by atoms with Crippen LogP contribution >= 0.6 is 0 Å². The minimum Gasteiger partial charge on any atom is -0.458 e. The Labute approximate surface area is 463 Å². The average Bonchev–Trinajstić information content (AvgIpc) is 4.07. The van der Waals surface area contributed by atoms with Gasteiger partial charge in [-0.25, -0.2) is 4.98 Å². The standard InChI is InChI=1S/C73H65N5O/c1-47(2)48(3)50-37-38-74-69(41-50)78-64-34-18-15-29-61(64)70-67(77-62-32-16-13-27-59(62)60-28-14-17-33-63(60)77)44-56(45-68(70)78)79-55-26-21-25-54(43-55)75-46-76(66-36-20-19-35-65(66)75)71-57(49-23-11-10-12-24-49)30-22-31-58(71)51-39-52(72(4,5)6)42-53(40-51)73(7,8)9/h10-45,47-48H,1-9H3. The lowest BCUT2D eigenvalue weighted by atomic mass is 9.78. The van der Waals surface area contributed by atoms with Gasteiger partial charge in [0, 0.05) is 39.9 Å². The zero-order valence-electron chi connectivity index (χ0n) is 46.6. The third kappa shape index (κ3) is 8.67. The van der Waals surface area contributed by atoms with Crippen LogP contribution in [-0.2, 0) is 10.8 Å². The maximum atomic E-state index is 7.25. The van der Waals surface area contributed by atoms with Crippen LogP contribution in [-0.4, -0.2) is 18.7 Å². The van der Waals surface area contributed by atoms with E-state index in [4.69, 9.17) is 9.72 Å². The van der Waals surface area contributed by atoms with Gasteiger partial charge in [-0.3, -0.25) is 13.7 Å². The molecule has 1 unspecified atom stereocenters. The van der Waals surface area contributed by atoms with Gasteiger partial charge >= 0.3 is 0 Å². The second-order valence-corrected chi connectivity index (χ2v) is 23.8. The Balaban J connectivity index is 1.01. The Morgan fingerprint density at radius 2 is 1.06 bits per heavy atom. The van der Waals surface area contributed by atoms with E-state index in [1.165, 1.54) is 33.0 Å². The van der Waals surface area contributed by atoms with E-state index in [1.54, 1.807) is 0 Å². The van der Waals surface area contributed by atoms with Crippen LogP contribution in [0, 0.1) is 12.2 Å². The van der Waals surface area contributed by atoms with Crippen molar-refractivity contribution in [3.05, 3.63) is 242 Å². The molecule has 0 spiro atoms. The summed E-state index contributed by atoms with van der Waals surface area (Å²) in [4.78, 5) is 5.10. The molecule has 13 rings (SSSR count). The fourth-order valence-electron chi connectivity index (χ4n) is 11.7. The Morgan fingerprint density at radius 3 is 1.72 bits per heavy atom. The molecule has 9 aromatic carbocycles. The smallest absolute Gasteiger partial charge is 0.269 e. The molecule has 79 heavy (non-hydrogen) atoms. The maximum absolute atomic E-state index is 7.25. The lowest BCUT2D eigenvalue weighted by molar-refractivity contribution is -0.571. The molecule has 0 amide bonds. The minimum absolute atomic E-state index is 0.0540. The monoisotopic (exact) mass is 1030 g/mol. The largest absolute Gasteiger partial charge is 0.458 e. The molecule has 0 radical (unpaired) electrons. The predicted molar refractivity (Wildman–Crippen MR) is 328 cm³/mol. The van der Waals surface area contributed by atoms with Gasteiger partial charge in [0.25, 0.3) is 6.33 Å². The van der Waals surface area contributed by atoms with Crippen molar-refractivity contribution in [3.8, 4) is 56.6 Å². The highest BCUT2D eigenvalue weighted by Gasteiger charge is 2.26. The molecule has 0 N–H and O–H groups in total. The molecular formula is C73H65N5O. The molecule has 0 aliphatic carbocycles. The summed E-state index contributed by atoms with van der Waals surface area (Å²) in [6.07, 6.45) is 5.90. The molecule has 0 saturated carbocycles. The number of fused-ring (bicyclic) bond motifs is 7. The molecule has 6 nitrogen and oxygen atoms in total. The second-order valence-electron chi connectivity index (χ2n) is 23.8. The molecule has 0 aliphatic rings. The molecule has 1 atom stereocenters. The Hall–Kier alpha value is -9.00. The summed E-state index contributed by atoms with van der Waals surface area (Å²) in [6.45, 7) is 20.7. The van der Waals surface area contributed by atoms with Crippen LogP contribution in [0.5, 0.6) is 11.5 Å². The number of imidazole rings is 1. The van der Waals surface area contributed by atoms with E-state index in [9.17, 15) is 0 Å². The molecule has 4 heterocycles. The first kappa shape index (κ1) is 49.6. The molecule has 0 fully saturated rings. The summed E-state index contributed by atoms with van der Waals surface area (Å²) >= 11 is 0. The number of aromatic nitrogens is 5. The van der Waals surface area contributed by atoms with Crippen molar-refractivity contribution < 1.29 is 9.30 Å². The number of ether oxygens (including phenoxy) is 1. The average molecular weight is 1030 g/mol. The Kier molecular flexibility index (Phi) is 12.0. The number of pyridine rings is 1. The van der Waals surface area contributed by atoms with E-state index in [2.05, 4.69) is 299 Å². The molecule has 0 bridgehead atoms. The van der Waals surface area contributed by atoms with E-state index >= 15 is 0 Å². The first-order valence-corrected chi connectivity index (χ1v) is 27.8. The summed E-state index contributed by atoms with van der Waals surface area (Å²) in [5.74, 6) is 3.11. The molecule has 13 aromatic rings. The lowest BCUT2D eigenvalue weighted by Gasteiger charge is -2.27. The van der Waals surface area contributed by atoms with Crippen LogP contribution in [0.15, 0.2) is 219 Å². The van der Waals surface area contributed by atoms with Crippen molar-refractivity contribution in [2.24, 2.45) is 5.92 Å². The molecule has 0 aliphatic heterocycles. The zero-order chi connectivity index (χ0) is 54.3. The van der Waals surface area contributed by atoms with Gasteiger partial charge in [0.05, 0.1) is 50.2 Å². The van der Waals surface area contributed by atoms with Crippen molar-refractivity contribution in [2.45, 2.75) is 79.1 Å². The molecular weight excluding hydrogens is 963 g/mol. The van der Waals surface area contributed by atoms with Gasteiger partial charge < -0.3 is 9.30 Å². The number of hydrogen-bond donors (Lipinski definition) is 0. The highest BCUT2D eigenvalue weighted by Crippen LogP contribution is 2.44. The number of nitrogens with zero attached hydrogens (tertiary/aromatic N) is 5. The van der Waals surface area contributed by atoms with E-state index < -0.39 is 0 Å². The fourth-order valence-corrected chi connectivity index (χ4v) is 11.7. The van der Waals surface area contributed by atoms with E-state index in [0.29, 0.717) is 23.3 Å². The van der Waals surface area contributed by atoms with Crippen molar-refractivity contribution >= 4 is 54.6 Å². The van der Waals surface area contributed by atoms with Crippen LogP contribution in [0.2, 0.25) is 0 Å². The van der Waals surface area contributed by atoms with Gasteiger partial charge in [-0.1, -0.05) is 214 Å². The van der Waals surface area contributed by atoms with Crippen molar-refractivity contribution in [1.82, 2.24) is 18.7 Å². The van der Waals surface area contributed by atoms with Gasteiger partial charge in [-0.2, -0.15) is 0 Å². The van der Waals surface area contributed by atoms with Crippen LogP contribution in [0.3, 0.4) is 0 Å². The molecule has 6 heteroatoms. The summed E-state index contributed by atoms with van der Waals surface area (Å²) < 4.78 is 16.4. The van der Waals surface area contributed by atoms with Crippen molar-refractivity contribution in [1.29, 1.82) is 0 Å². The lowest BCUT2D eigenvalue weighted by Crippen LogP contribution is -2.31. The van der Waals surface area contributed by atoms with Crippen molar-refractivity contribution in [3.63, 3.8) is 0 Å². The second kappa shape index (κ2) is 19.2. The first-order chi connectivity index (χ1) is 38.2. The van der Waals surface area contributed by atoms with Gasteiger partial charge in [0.1, 0.15) is 17.3 Å². The highest BCUT2D eigenvalue weighted by atomic mass is 16.5. The van der Waals surface area contributed by atoms with Gasteiger partial charge in [0.2, 0.25) is 0 Å². The molecule has 388 valence electrons. The third-order valence-electron chi connectivity index (χ3n) is 16.3. The SMILES string of the molecule is CC(C)C(C)c1ccnc(-n2c3ccccc3c3c(-n4c5ccccc5c5ccccc54)cc(Oc4cccc(-n5[c-][n+](-c6c(-c7ccccc7)cccc6-c6cc(C(C)(C)C)cc(C(C)(C)C)c6)c6ccccc65)c4)cc32)c1. The summed E-state index contributed by atoms with van der Waals surface area (Å²) in [5.41, 5.74) is 17.8. The minimum atomic E-state index is -0.0540. The summed E-state index contributed by atoms with van der Waals surface area (Å²) in [7, 11) is 0. The maximum Gasteiger partial charge on any atom is 0.269 e. The fraction of sp³-hybridized carbons (Fsp3) is 0.178. The van der Waals surface area contributed by atoms with Crippen molar-refractivity contribution in [2.75, 3.05) is 0 Å². The molecule has 0 saturated heterocycles. The van der Waals surface area contributed by atoms with E-state index in [1.807, 2.05) is 6.20 Å². The van der Waals surface area contributed by atoms with Gasteiger partial charge in [-0.05, 0) is 110 Å². The normalized spacial score (nSPS) is 12.7. The van der Waals surface area contributed by atoms with Crippen LogP contribution in [0.25, 0.3) is 99.8 Å². The number of hydrogen-bond acceptors (Lipinski definition) is 2. The quantitative estimate of drug-likeness (QED) is 0.101. The first-order valence-electron chi connectivity index (χ1n) is 27.8. The zero-order valence-corrected chi connectivity index (χ0v) is 46.6. The van der Waals surface area contributed by atoms with E-state index in [-0.39, 0.29) is 10.8 Å². The van der Waals surface area contributed by atoms with Gasteiger partial charge in [0.15, 0.2) is 0 Å². The number of para-hydroxylation sites is 6. The Bertz CT molecular complexity index is 4390. The summed E-state index contributed by atoms with van der Waals surface area (Å²) in [6, 6.07) is 76.8. The topological polar surface area (TPSA) is 40.8 Å². The van der Waals surface area contributed by atoms with Crippen LogP contribution < -0.4 is 9.30 Å². The third-order valence-corrected chi connectivity index (χ3v) is 16.3. The number of benzene rings is 9. The van der Waals surface area contributed by atoms with Crippen LogP contribution in [0.4, 0.5) is 0 Å². The molecule has 4 aromatic heterocycles. The van der Waals surface area contributed by atoms with Gasteiger partial charge in [-0.15, -0.1) is 0 Å². The highest BCUT2D eigenvalue weighted by molar-refractivity contribution is 6.16. The number of rotatable bonds is 10. The van der Waals surface area contributed by atoms with E-state index in [0.717, 1.165) is 83.4 Å².